The van der Waals surface area contributed by atoms with Crippen molar-refractivity contribution < 1.29 is 5.11 Å². The minimum Gasteiger partial charge on any atom is -0.385 e. The summed E-state index contributed by atoms with van der Waals surface area (Å²) in [4.78, 5) is 2.33. The first-order chi connectivity index (χ1) is 9.01. The highest BCUT2D eigenvalue weighted by molar-refractivity contribution is 7.17. The molecule has 0 radical (unpaired) electrons. The largest absolute Gasteiger partial charge is 0.385 e. The van der Waals surface area contributed by atoms with Crippen molar-refractivity contribution >= 4 is 21.4 Å². The van der Waals surface area contributed by atoms with E-state index in [4.69, 9.17) is 0 Å². The maximum absolute atomic E-state index is 11.1. The number of piperidine rings is 1. The van der Waals surface area contributed by atoms with E-state index in [1.165, 1.54) is 15.6 Å². The Labute approximate surface area is 118 Å². The van der Waals surface area contributed by atoms with Crippen LogP contribution in [0.3, 0.4) is 0 Å². The Bertz CT molecular complexity index is 606. The van der Waals surface area contributed by atoms with Gasteiger partial charge in [0.05, 0.1) is 5.60 Å². The van der Waals surface area contributed by atoms with Gasteiger partial charge in [0, 0.05) is 28.2 Å². The van der Waals surface area contributed by atoms with Gasteiger partial charge in [0.15, 0.2) is 0 Å². The average Bonchev–Trinajstić information content (AvgIpc) is 2.80. The Balaban J connectivity index is 2.09. The number of hydrogen-bond donors (Lipinski definition) is 1. The fraction of sp³-hybridized carbons (Fsp3) is 0.500. The molecule has 2 nitrogen and oxygen atoms in total. The van der Waals surface area contributed by atoms with Crippen LogP contribution < -0.4 is 0 Å². The van der Waals surface area contributed by atoms with Crippen LogP contribution in [0.15, 0.2) is 23.6 Å². The third-order valence-corrected chi connectivity index (χ3v) is 5.52. The van der Waals surface area contributed by atoms with E-state index in [9.17, 15) is 5.11 Å². The molecule has 1 fully saturated rings. The van der Waals surface area contributed by atoms with Gasteiger partial charge in [0.25, 0.3) is 0 Å². The van der Waals surface area contributed by atoms with Crippen LogP contribution in [0.2, 0.25) is 0 Å². The Morgan fingerprint density at radius 2 is 2.21 bits per heavy atom. The summed E-state index contributed by atoms with van der Waals surface area (Å²) in [5.41, 5.74) is 1.76. The quantitative estimate of drug-likeness (QED) is 0.861. The lowest BCUT2D eigenvalue weighted by atomic mass is 9.81. The van der Waals surface area contributed by atoms with Gasteiger partial charge in [0.1, 0.15) is 0 Å². The van der Waals surface area contributed by atoms with Crippen molar-refractivity contribution in [1.82, 2.24) is 4.90 Å². The number of aryl methyl sites for hydroxylation is 1. The van der Waals surface area contributed by atoms with E-state index in [0.29, 0.717) is 6.04 Å². The van der Waals surface area contributed by atoms with E-state index in [-0.39, 0.29) is 0 Å². The summed E-state index contributed by atoms with van der Waals surface area (Å²) in [6.45, 7) is 5.30. The molecule has 0 spiro atoms. The molecule has 0 aliphatic carbocycles. The molecular formula is C16H21NOS. The molecule has 1 saturated heterocycles. The molecule has 1 N–H and O–H groups in total. The van der Waals surface area contributed by atoms with Gasteiger partial charge in [-0.25, -0.2) is 0 Å². The molecule has 2 unspecified atom stereocenters. The second-order valence-corrected chi connectivity index (χ2v) is 6.82. The molecule has 3 rings (SSSR count). The molecule has 1 aromatic carbocycles. The standard InChI is InChI=1S/C16H21NOS/c1-11-5-4-6-14-15(11)13(10-19-14)16(18)7-8-17(3)12(2)9-16/h4-6,10,12,18H,7-9H2,1-3H3. The first-order valence-electron chi connectivity index (χ1n) is 6.91. The van der Waals surface area contributed by atoms with Crippen molar-refractivity contribution in [3.8, 4) is 0 Å². The van der Waals surface area contributed by atoms with E-state index in [0.717, 1.165) is 24.9 Å². The summed E-state index contributed by atoms with van der Waals surface area (Å²) in [6, 6.07) is 6.82. The zero-order valence-corrected chi connectivity index (χ0v) is 12.6. The van der Waals surface area contributed by atoms with Crippen LogP contribution in [0.1, 0.15) is 30.9 Å². The van der Waals surface area contributed by atoms with Crippen LogP contribution >= 0.6 is 11.3 Å². The van der Waals surface area contributed by atoms with Gasteiger partial charge in [0.2, 0.25) is 0 Å². The van der Waals surface area contributed by atoms with E-state index in [1.807, 2.05) is 0 Å². The predicted molar refractivity (Wildman–Crippen MR) is 81.8 cm³/mol. The van der Waals surface area contributed by atoms with Gasteiger partial charge in [-0.15, -0.1) is 11.3 Å². The third kappa shape index (κ3) is 2.10. The number of rotatable bonds is 1. The third-order valence-electron chi connectivity index (χ3n) is 4.57. The van der Waals surface area contributed by atoms with Gasteiger partial charge in [-0.3, -0.25) is 0 Å². The lowest BCUT2D eigenvalue weighted by Crippen LogP contribution is -2.45. The van der Waals surface area contributed by atoms with E-state index >= 15 is 0 Å². The monoisotopic (exact) mass is 275 g/mol. The molecule has 0 amide bonds. The van der Waals surface area contributed by atoms with Crippen molar-refractivity contribution in [1.29, 1.82) is 0 Å². The van der Waals surface area contributed by atoms with Crippen LogP contribution in [-0.2, 0) is 5.60 Å². The Morgan fingerprint density at radius 1 is 1.42 bits per heavy atom. The smallest absolute Gasteiger partial charge is 0.0937 e. The topological polar surface area (TPSA) is 23.5 Å². The number of nitrogens with zero attached hydrogens (tertiary/aromatic N) is 1. The predicted octanol–water partition coefficient (Wildman–Crippen LogP) is 3.51. The Kier molecular flexibility index (Phi) is 3.16. The minimum atomic E-state index is -0.656. The highest BCUT2D eigenvalue weighted by Gasteiger charge is 2.38. The van der Waals surface area contributed by atoms with Crippen LogP contribution in [-0.4, -0.2) is 29.6 Å². The van der Waals surface area contributed by atoms with Crippen molar-refractivity contribution in [2.24, 2.45) is 0 Å². The first-order valence-corrected chi connectivity index (χ1v) is 7.79. The molecule has 19 heavy (non-hydrogen) atoms. The van der Waals surface area contributed by atoms with E-state index < -0.39 is 5.60 Å². The van der Waals surface area contributed by atoms with Gasteiger partial charge in [-0.2, -0.15) is 0 Å². The van der Waals surface area contributed by atoms with Crippen LogP contribution in [0.25, 0.3) is 10.1 Å². The second kappa shape index (κ2) is 4.58. The molecule has 2 aromatic rings. The number of hydrogen-bond acceptors (Lipinski definition) is 3. The Morgan fingerprint density at radius 3 is 2.95 bits per heavy atom. The van der Waals surface area contributed by atoms with Gasteiger partial charge in [-0.05, 0) is 50.7 Å². The number of likely N-dealkylation sites (tertiary alicyclic amines) is 1. The lowest BCUT2D eigenvalue weighted by molar-refractivity contribution is -0.0394. The van der Waals surface area contributed by atoms with Crippen LogP contribution in [0, 0.1) is 6.92 Å². The number of benzene rings is 1. The molecule has 0 saturated carbocycles. The van der Waals surface area contributed by atoms with Crippen molar-refractivity contribution in [2.75, 3.05) is 13.6 Å². The van der Waals surface area contributed by atoms with Crippen LogP contribution in [0.4, 0.5) is 0 Å². The second-order valence-electron chi connectivity index (χ2n) is 5.91. The first kappa shape index (κ1) is 13.1. The molecule has 1 aromatic heterocycles. The SMILES string of the molecule is Cc1cccc2scc(C3(O)CCN(C)C(C)C3)c12. The average molecular weight is 275 g/mol. The fourth-order valence-electron chi connectivity index (χ4n) is 3.18. The highest BCUT2D eigenvalue weighted by Crippen LogP contribution is 2.42. The van der Waals surface area contributed by atoms with Gasteiger partial charge in [-0.1, -0.05) is 12.1 Å². The number of fused-ring (bicyclic) bond motifs is 1. The Hall–Kier alpha value is -0.900. The zero-order chi connectivity index (χ0) is 13.6. The summed E-state index contributed by atoms with van der Waals surface area (Å²) in [7, 11) is 2.14. The number of aliphatic hydroxyl groups is 1. The molecule has 1 aliphatic heterocycles. The highest BCUT2D eigenvalue weighted by atomic mass is 32.1. The van der Waals surface area contributed by atoms with Crippen molar-refractivity contribution in [2.45, 2.75) is 38.3 Å². The molecule has 102 valence electrons. The minimum absolute atomic E-state index is 0.428. The molecule has 3 heteroatoms. The van der Waals surface area contributed by atoms with Crippen molar-refractivity contribution in [3.05, 3.63) is 34.7 Å². The summed E-state index contributed by atoms with van der Waals surface area (Å²) < 4.78 is 1.29. The fourth-order valence-corrected chi connectivity index (χ4v) is 4.31. The molecule has 1 aliphatic rings. The van der Waals surface area contributed by atoms with Gasteiger partial charge < -0.3 is 10.0 Å². The molecular weight excluding hydrogens is 254 g/mol. The van der Waals surface area contributed by atoms with Crippen molar-refractivity contribution in [3.63, 3.8) is 0 Å². The maximum atomic E-state index is 11.1. The summed E-state index contributed by atoms with van der Waals surface area (Å²) >= 11 is 1.75. The summed E-state index contributed by atoms with van der Waals surface area (Å²) in [5, 5.41) is 14.6. The van der Waals surface area contributed by atoms with Gasteiger partial charge >= 0.3 is 0 Å². The van der Waals surface area contributed by atoms with E-state index in [1.54, 1.807) is 11.3 Å². The molecule has 0 bridgehead atoms. The summed E-state index contributed by atoms with van der Waals surface area (Å²) in [5.74, 6) is 0. The zero-order valence-electron chi connectivity index (χ0n) is 11.8. The maximum Gasteiger partial charge on any atom is 0.0937 e. The normalized spacial score (nSPS) is 28.9. The number of thiophene rings is 1. The molecule has 2 atom stereocenters. The van der Waals surface area contributed by atoms with E-state index in [2.05, 4.69) is 49.4 Å². The molecule has 2 heterocycles. The lowest BCUT2D eigenvalue weighted by Gasteiger charge is -2.41. The summed E-state index contributed by atoms with van der Waals surface area (Å²) in [6.07, 6.45) is 1.65. The van der Waals surface area contributed by atoms with Crippen LogP contribution in [0.5, 0.6) is 0 Å².